The Kier molecular flexibility index (Phi) is 6.36. The highest BCUT2D eigenvalue weighted by Crippen LogP contribution is 2.27. The Morgan fingerprint density at radius 3 is 2.52 bits per heavy atom. The van der Waals surface area contributed by atoms with Crippen molar-refractivity contribution in [3.05, 3.63) is 77.6 Å². The van der Waals surface area contributed by atoms with Crippen LogP contribution in [0.1, 0.15) is 5.56 Å². The monoisotopic (exact) mass is 431 g/mol. The van der Waals surface area contributed by atoms with Gasteiger partial charge in [0.15, 0.2) is 6.61 Å². The molecule has 0 spiro atoms. The molecule has 0 unspecified atom stereocenters. The Bertz CT molecular complexity index is 1120. The zero-order chi connectivity index (χ0) is 20.9. The molecular formula is C20H18ClN3O4S. The number of hydrogen-bond acceptors (Lipinski definition) is 5. The van der Waals surface area contributed by atoms with E-state index in [1.165, 1.54) is 24.3 Å². The highest BCUT2D eigenvalue weighted by molar-refractivity contribution is 7.92. The fraction of sp³-hybridized carbons (Fsp3) is 0.100. The van der Waals surface area contributed by atoms with E-state index in [1.807, 2.05) is 0 Å². The van der Waals surface area contributed by atoms with E-state index in [0.717, 1.165) is 0 Å². The zero-order valence-corrected chi connectivity index (χ0v) is 17.0. The lowest BCUT2D eigenvalue weighted by Crippen LogP contribution is -2.20. The lowest BCUT2D eigenvalue weighted by molar-refractivity contribution is -0.118. The predicted octanol–water partition coefficient (Wildman–Crippen LogP) is 3.86. The van der Waals surface area contributed by atoms with E-state index in [1.54, 1.807) is 49.6 Å². The third-order valence-electron chi connectivity index (χ3n) is 3.84. The fourth-order valence-corrected chi connectivity index (χ4v) is 4.07. The number of hydrogen-bond donors (Lipinski definition) is 2. The van der Waals surface area contributed by atoms with E-state index in [0.29, 0.717) is 11.3 Å². The topological polar surface area (TPSA) is 97.4 Å². The number of anilines is 2. The van der Waals surface area contributed by atoms with Crippen molar-refractivity contribution in [1.29, 1.82) is 0 Å². The molecule has 0 aliphatic carbocycles. The average Bonchev–Trinajstić information content (AvgIpc) is 2.66. The van der Waals surface area contributed by atoms with E-state index >= 15 is 0 Å². The summed E-state index contributed by atoms with van der Waals surface area (Å²) in [6.45, 7) is 1.44. The molecule has 2 aromatic carbocycles. The van der Waals surface area contributed by atoms with Crippen molar-refractivity contribution in [1.82, 2.24) is 4.98 Å². The van der Waals surface area contributed by atoms with Crippen LogP contribution in [0, 0.1) is 6.92 Å². The molecule has 3 aromatic rings. The number of amides is 1. The third-order valence-corrected chi connectivity index (χ3v) is 5.60. The van der Waals surface area contributed by atoms with Gasteiger partial charge in [0.05, 0.1) is 10.6 Å². The predicted molar refractivity (Wildman–Crippen MR) is 112 cm³/mol. The number of nitrogens with zero attached hydrogens (tertiary/aromatic N) is 1. The van der Waals surface area contributed by atoms with Gasteiger partial charge >= 0.3 is 0 Å². The van der Waals surface area contributed by atoms with Gasteiger partial charge in [-0.15, -0.1) is 0 Å². The smallest absolute Gasteiger partial charge is 0.262 e. The zero-order valence-electron chi connectivity index (χ0n) is 15.4. The number of sulfonamides is 1. The Labute approximate surface area is 173 Å². The molecule has 2 N–H and O–H groups in total. The summed E-state index contributed by atoms with van der Waals surface area (Å²) in [7, 11) is -3.80. The van der Waals surface area contributed by atoms with Crippen LogP contribution >= 0.6 is 11.6 Å². The second kappa shape index (κ2) is 8.93. The largest absolute Gasteiger partial charge is 0.484 e. The molecule has 9 heteroatoms. The molecular weight excluding hydrogens is 414 g/mol. The standard InChI is InChI=1S/C20H18ClN3O4S/c1-14-4-2-3-5-19(14)29(26,27)24-17-10-15(21)11-18(12-17)28-13-20(25)23-16-6-8-22-9-7-16/h2-12,24H,13H2,1H3,(H,22,23,25). The lowest BCUT2D eigenvalue weighted by Gasteiger charge is -2.13. The Morgan fingerprint density at radius 2 is 1.79 bits per heavy atom. The number of carbonyl (C=O) groups is 1. The highest BCUT2D eigenvalue weighted by Gasteiger charge is 2.17. The number of ether oxygens (including phenoxy) is 1. The molecule has 0 aliphatic heterocycles. The average molecular weight is 432 g/mol. The van der Waals surface area contributed by atoms with Gasteiger partial charge in [-0.25, -0.2) is 8.42 Å². The first-order chi connectivity index (χ1) is 13.8. The van der Waals surface area contributed by atoms with E-state index in [2.05, 4.69) is 15.0 Å². The second-order valence-corrected chi connectivity index (χ2v) is 8.21. The molecule has 1 heterocycles. The molecule has 0 fully saturated rings. The molecule has 0 aliphatic rings. The van der Waals surface area contributed by atoms with Crippen LogP contribution in [-0.4, -0.2) is 25.9 Å². The van der Waals surface area contributed by atoms with Crippen molar-refractivity contribution >= 4 is 38.9 Å². The number of benzene rings is 2. The van der Waals surface area contributed by atoms with Gasteiger partial charge < -0.3 is 10.1 Å². The van der Waals surface area contributed by atoms with Gasteiger partial charge in [-0.3, -0.25) is 14.5 Å². The van der Waals surface area contributed by atoms with Crippen LogP contribution in [0.15, 0.2) is 71.9 Å². The van der Waals surface area contributed by atoms with E-state index in [4.69, 9.17) is 16.3 Å². The number of halogens is 1. The van der Waals surface area contributed by atoms with Crippen molar-refractivity contribution in [3.63, 3.8) is 0 Å². The minimum Gasteiger partial charge on any atom is -0.484 e. The molecule has 3 rings (SSSR count). The Hall–Kier alpha value is -3.10. The van der Waals surface area contributed by atoms with Gasteiger partial charge in [0.2, 0.25) is 0 Å². The fourth-order valence-electron chi connectivity index (χ4n) is 2.55. The van der Waals surface area contributed by atoms with E-state index < -0.39 is 10.0 Å². The van der Waals surface area contributed by atoms with Crippen molar-refractivity contribution in [2.24, 2.45) is 0 Å². The third kappa shape index (κ3) is 5.69. The maximum Gasteiger partial charge on any atom is 0.262 e. The van der Waals surface area contributed by atoms with Crippen LogP contribution in [0.3, 0.4) is 0 Å². The summed E-state index contributed by atoms with van der Waals surface area (Å²) in [4.78, 5) is 16.0. The van der Waals surface area contributed by atoms with Gasteiger partial charge in [-0.05, 0) is 42.8 Å². The minimum atomic E-state index is -3.80. The van der Waals surface area contributed by atoms with Crippen LogP contribution in [-0.2, 0) is 14.8 Å². The first-order valence-electron chi connectivity index (χ1n) is 8.55. The van der Waals surface area contributed by atoms with Gasteiger partial charge in [0, 0.05) is 29.2 Å². The molecule has 0 atom stereocenters. The van der Waals surface area contributed by atoms with Crippen molar-refractivity contribution in [3.8, 4) is 5.75 Å². The van der Waals surface area contributed by atoms with Crippen LogP contribution in [0.2, 0.25) is 5.02 Å². The Balaban J connectivity index is 1.70. The summed E-state index contributed by atoms with van der Waals surface area (Å²) in [5, 5.41) is 2.92. The summed E-state index contributed by atoms with van der Waals surface area (Å²) < 4.78 is 33.2. The lowest BCUT2D eigenvalue weighted by atomic mass is 10.2. The number of aromatic nitrogens is 1. The maximum absolute atomic E-state index is 12.7. The van der Waals surface area contributed by atoms with Crippen molar-refractivity contribution < 1.29 is 17.9 Å². The van der Waals surface area contributed by atoms with Crippen molar-refractivity contribution in [2.45, 2.75) is 11.8 Å². The number of rotatable bonds is 7. The molecule has 150 valence electrons. The highest BCUT2D eigenvalue weighted by atomic mass is 35.5. The van der Waals surface area contributed by atoms with Crippen molar-refractivity contribution in [2.75, 3.05) is 16.6 Å². The number of pyridine rings is 1. The molecule has 0 saturated heterocycles. The van der Waals surface area contributed by atoms with E-state index in [9.17, 15) is 13.2 Å². The Morgan fingerprint density at radius 1 is 1.07 bits per heavy atom. The summed E-state index contributed by atoms with van der Waals surface area (Å²) in [6, 6.07) is 14.3. The van der Waals surface area contributed by atoms with Gasteiger partial charge in [0.1, 0.15) is 5.75 Å². The van der Waals surface area contributed by atoms with Gasteiger partial charge in [-0.2, -0.15) is 0 Å². The molecule has 7 nitrogen and oxygen atoms in total. The van der Waals surface area contributed by atoms with E-state index in [-0.39, 0.29) is 33.9 Å². The number of aryl methyl sites for hydroxylation is 1. The normalized spacial score (nSPS) is 11.0. The summed E-state index contributed by atoms with van der Waals surface area (Å²) >= 11 is 6.08. The SMILES string of the molecule is Cc1ccccc1S(=O)(=O)Nc1cc(Cl)cc(OCC(=O)Nc2ccncc2)c1. The first-order valence-corrected chi connectivity index (χ1v) is 10.4. The maximum atomic E-state index is 12.7. The summed E-state index contributed by atoms with van der Waals surface area (Å²) in [6.07, 6.45) is 3.11. The molecule has 0 radical (unpaired) electrons. The molecule has 1 amide bonds. The summed E-state index contributed by atoms with van der Waals surface area (Å²) in [5.41, 5.74) is 1.43. The number of nitrogens with one attached hydrogen (secondary N) is 2. The van der Waals surface area contributed by atoms with Gasteiger partial charge in [-0.1, -0.05) is 29.8 Å². The molecule has 0 saturated carbocycles. The van der Waals surface area contributed by atoms with Crippen LogP contribution in [0.25, 0.3) is 0 Å². The molecule has 29 heavy (non-hydrogen) atoms. The molecule has 0 bridgehead atoms. The quantitative estimate of drug-likeness (QED) is 0.592. The first kappa shape index (κ1) is 20.6. The number of carbonyl (C=O) groups excluding carboxylic acids is 1. The molecule has 1 aromatic heterocycles. The second-order valence-electron chi connectivity index (χ2n) is 6.12. The van der Waals surface area contributed by atoms with Crippen LogP contribution in [0.4, 0.5) is 11.4 Å². The minimum absolute atomic E-state index is 0.166. The van der Waals surface area contributed by atoms with Crippen LogP contribution < -0.4 is 14.8 Å². The van der Waals surface area contributed by atoms with Gasteiger partial charge in [0.25, 0.3) is 15.9 Å². The van der Waals surface area contributed by atoms with Crippen LogP contribution in [0.5, 0.6) is 5.75 Å². The summed E-state index contributed by atoms with van der Waals surface area (Å²) in [5.74, 6) is -0.122.